The van der Waals surface area contributed by atoms with Gasteiger partial charge in [-0.25, -0.2) is 0 Å². The molecule has 0 bridgehead atoms. The minimum absolute atomic E-state index is 0.0320. The maximum atomic E-state index is 12.2. The molecular weight excluding hydrogens is 292 g/mol. The van der Waals surface area contributed by atoms with Crippen LogP contribution in [0.15, 0.2) is 48.5 Å². The molecule has 1 atom stereocenters. The summed E-state index contributed by atoms with van der Waals surface area (Å²) in [7, 11) is 0. The number of hydrogen-bond donors (Lipinski definition) is 1. The summed E-state index contributed by atoms with van der Waals surface area (Å²) < 4.78 is 5.55. The summed E-state index contributed by atoms with van der Waals surface area (Å²) in [5.74, 6) is 0.102. The molecule has 1 amide bonds. The van der Waals surface area contributed by atoms with Crippen LogP contribution in [0.1, 0.15) is 29.8 Å². The number of rotatable bonds is 5. The summed E-state index contributed by atoms with van der Waals surface area (Å²) in [5.41, 5.74) is 1.42. The first kappa shape index (κ1) is 16.2. The second kappa shape index (κ2) is 7.23. The molecule has 5 heteroatoms. The molecule has 116 valence electrons. The van der Waals surface area contributed by atoms with E-state index in [4.69, 9.17) is 10.00 Å². The lowest BCUT2D eigenvalue weighted by molar-refractivity contribution is -0.122. The van der Waals surface area contributed by atoms with Crippen LogP contribution in [-0.2, 0) is 4.79 Å². The minimum atomic E-state index is -0.745. The van der Waals surface area contributed by atoms with Gasteiger partial charge in [0.15, 0.2) is 11.9 Å². The van der Waals surface area contributed by atoms with E-state index in [9.17, 15) is 9.59 Å². The van der Waals surface area contributed by atoms with Crippen molar-refractivity contribution in [3.8, 4) is 11.8 Å². The van der Waals surface area contributed by atoms with E-state index in [0.29, 0.717) is 22.6 Å². The summed E-state index contributed by atoms with van der Waals surface area (Å²) >= 11 is 0. The van der Waals surface area contributed by atoms with Gasteiger partial charge in [-0.1, -0.05) is 12.1 Å². The number of nitrogens with one attached hydrogen (secondary N) is 1. The molecule has 0 heterocycles. The molecule has 2 rings (SSSR count). The average molecular weight is 308 g/mol. The largest absolute Gasteiger partial charge is 0.481 e. The van der Waals surface area contributed by atoms with Crippen molar-refractivity contribution in [1.82, 2.24) is 0 Å². The van der Waals surface area contributed by atoms with E-state index in [1.807, 2.05) is 6.07 Å². The smallest absolute Gasteiger partial charge is 0.265 e. The highest BCUT2D eigenvalue weighted by molar-refractivity contribution is 5.95. The van der Waals surface area contributed by atoms with Crippen LogP contribution in [-0.4, -0.2) is 17.8 Å². The van der Waals surface area contributed by atoms with Gasteiger partial charge in [-0.15, -0.1) is 0 Å². The molecule has 0 aliphatic rings. The topological polar surface area (TPSA) is 79.2 Å². The second-order valence-electron chi connectivity index (χ2n) is 4.99. The Morgan fingerprint density at radius 2 is 1.78 bits per heavy atom. The number of ether oxygens (including phenoxy) is 1. The normalized spacial score (nSPS) is 11.2. The Kier molecular flexibility index (Phi) is 5.11. The number of nitrogens with zero attached hydrogens (tertiary/aromatic N) is 1. The van der Waals surface area contributed by atoms with Crippen molar-refractivity contribution in [2.45, 2.75) is 20.0 Å². The van der Waals surface area contributed by atoms with Crippen molar-refractivity contribution >= 4 is 17.4 Å². The number of hydrogen-bond acceptors (Lipinski definition) is 4. The zero-order valence-corrected chi connectivity index (χ0v) is 12.9. The Morgan fingerprint density at radius 3 is 2.39 bits per heavy atom. The van der Waals surface area contributed by atoms with Crippen LogP contribution in [0.4, 0.5) is 5.69 Å². The number of Topliss-reactive ketones (excluding diaryl/α,β-unsaturated/α-hetero) is 1. The lowest BCUT2D eigenvalue weighted by atomic mass is 10.1. The molecule has 2 aromatic carbocycles. The lowest BCUT2D eigenvalue weighted by Gasteiger charge is -2.15. The van der Waals surface area contributed by atoms with Crippen molar-refractivity contribution in [1.29, 1.82) is 5.26 Å². The molecule has 5 nitrogen and oxygen atoms in total. The van der Waals surface area contributed by atoms with Crippen molar-refractivity contribution in [3.05, 3.63) is 59.7 Å². The molecule has 0 aliphatic heterocycles. The van der Waals surface area contributed by atoms with Gasteiger partial charge in [0.25, 0.3) is 5.91 Å². The van der Waals surface area contributed by atoms with Crippen molar-refractivity contribution in [2.75, 3.05) is 5.32 Å². The summed E-state index contributed by atoms with van der Waals surface area (Å²) in [6.07, 6.45) is -0.745. The first-order valence-corrected chi connectivity index (χ1v) is 7.09. The van der Waals surface area contributed by atoms with Crippen molar-refractivity contribution in [2.24, 2.45) is 0 Å². The number of ketones is 1. The molecule has 0 radical (unpaired) electrons. The molecule has 0 saturated heterocycles. The number of carbonyl (C=O) groups is 2. The monoisotopic (exact) mass is 308 g/mol. The van der Waals surface area contributed by atoms with Gasteiger partial charge in [0.1, 0.15) is 11.8 Å². The fraction of sp³-hybridized carbons (Fsp3) is 0.167. The molecule has 1 N–H and O–H groups in total. The molecule has 0 fully saturated rings. The zero-order chi connectivity index (χ0) is 16.8. The van der Waals surface area contributed by atoms with E-state index in [1.54, 1.807) is 55.5 Å². The lowest BCUT2D eigenvalue weighted by Crippen LogP contribution is -2.30. The van der Waals surface area contributed by atoms with Gasteiger partial charge >= 0.3 is 0 Å². The zero-order valence-electron chi connectivity index (χ0n) is 12.9. The standard InChI is InChI=1S/C18H16N2O3/c1-12(21)14-7-9-16(10-8-14)23-13(2)18(22)20-17-6-4-3-5-15(17)11-19/h3-10,13H,1-2H3,(H,20,22)/t13-/m0/s1. The van der Waals surface area contributed by atoms with Gasteiger partial charge in [0, 0.05) is 5.56 Å². The second-order valence-corrected chi connectivity index (χ2v) is 4.99. The SMILES string of the molecule is CC(=O)c1ccc(O[C@@H](C)C(=O)Nc2ccccc2C#N)cc1. The number of benzene rings is 2. The van der Waals surface area contributed by atoms with E-state index in [0.717, 1.165) is 0 Å². The Bertz CT molecular complexity index is 761. The first-order valence-electron chi connectivity index (χ1n) is 7.09. The fourth-order valence-corrected chi connectivity index (χ4v) is 1.95. The highest BCUT2D eigenvalue weighted by Gasteiger charge is 2.16. The van der Waals surface area contributed by atoms with E-state index < -0.39 is 6.10 Å². The minimum Gasteiger partial charge on any atom is -0.481 e. The Balaban J connectivity index is 2.02. The number of nitriles is 1. The van der Waals surface area contributed by atoms with Gasteiger partial charge in [-0.05, 0) is 50.2 Å². The van der Waals surface area contributed by atoms with E-state index >= 15 is 0 Å². The Labute approximate surface area is 134 Å². The van der Waals surface area contributed by atoms with Gasteiger partial charge < -0.3 is 10.1 Å². The van der Waals surface area contributed by atoms with E-state index in [-0.39, 0.29) is 11.7 Å². The molecular formula is C18H16N2O3. The van der Waals surface area contributed by atoms with Crippen LogP contribution in [0.25, 0.3) is 0 Å². The first-order chi connectivity index (χ1) is 11.0. The Morgan fingerprint density at radius 1 is 1.13 bits per heavy atom. The third-order valence-corrected chi connectivity index (χ3v) is 3.25. The third-order valence-electron chi connectivity index (χ3n) is 3.25. The molecule has 2 aromatic rings. The molecule has 23 heavy (non-hydrogen) atoms. The van der Waals surface area contributed by atoms with Crippen LogP contribution >= 0.6 is 0 Å². The summed E-state index contributed by atoms with van der Waals surface area (Å²) in [4.78, 5) is 23.4. The predicted octanol–water partition coefficient (Wildman–Crippen LogP) is 3.17. The van der Waals surface area contributed by atoms with Crippen molar-refractivity contribution < 1.29 is 14.3 Å². The third kappa shape index (κ3) is 4.17. The molecule has 0 spiro atoms. The fourth-order valence-electron chi connectivity index (χ4n) is 1.95. The number of carbonyl (C=O) groups excluding carboxylic acids is 2. The van der Waals surface area contributed by atoms with Crippen LogP contribution in [0, 0.1) is 11.3 Å². The summed E-state index contributed by atoms with van der Waals surface area (Å²) in [6.45, 7) is 3.10. The predicted molar refractivity (Wildman–Crippen MR) is 86.3 cm³/mol. The van der Waals surface area contributed by atoms with Gasteiger partial charge in [0.05, 0.1) is 11.3 Å². The summed E-state index contributed by atoms with van der Waals surface area (Å²) in [5, 5.41) is 11.7. The number of anilines is 1. The number of amides is 1. The van der Waals surface area contributed by atoms with Crippen LogP contribution in [0.3, 0.4) is 0 Å². The highest BCUT2D eigenvalue weighted by atomic mass is 16.5. The maximum absolute atomic E-state index is 12.2. The maximum Gasteiger partial charge on any atom is 0.265 e. The molecule has 0 aromatic heterocycles. The quantitative estimate of drug-likeness (QED) is 0.860. The van der Waals surface area contributed by atoms with Gasteiger partial charge in [0.2, 0.25) is 0 Å². The van der Waals surface area contributed by atoms with E-state index in [2.05, 4.69) is 5.32 Å². The van der Waals surface area contributed by atoms with Crippen LogP contribution in [0.2, 0.25) is 0 Å². The van der Waals surface area contributed by atoms with Crippen LogP contribution < -0.4 is 10.1 Å². The molecule has 0 aliphatic carbocycles. The van der Waals surface area contributed by atoms with E-state index in [1.165, 1.54) is 6.92 Å². The number of para-hydroxylation sites is 1. The molecule has 0 unspecified atom stereocenters. The van der Waals surface area contributed by atoms with Crippen molar-refractivity contribution in [3.63, 3.8) is 0 Å². The Hall–Kier alpha value is -3.13. The van der Waals surface area contributed by atoms with Gasteiger partial charge in [-0.3, -0.25) is 9.59 Å². The van der Waals surface area contributed by atoms with Crippen LogP contribution in [0.5, 0.6) is 5.75 Å². The average Bonchev–Trinajstić information content (AvgIpc) is 2.55. The van der Waals surface area contributed by atoms with Gasteiger partial charge in [-0.2, -0.15) is 5.26 Å². The molecule has 0 saturated carbocycles. The summed E-state index contributed by atoms with van der Waals surface area (Å²) in [6, 6.07) is 15.3. The highest BCUT2D eigenvalue weighted by Crippen LogP contribution is 2.17.